The van der Waals surface area contributed by atoms with Crippen molar-refractivity contribution in [3.05, 3.63) is 57.3 Å². The molecule has 5 nitrogen and oxygen atoms in total. The molecule has 0 bridgehead atoms. The predicted molar refractivity (Wildman–Crippen MR) is 216 cm³/mol. The lowest BCUT2D eigenvalue weighted by Crippen LogP contribution is -2.09. The lowest BCUT2D eigenvalue weighted by Gasteiger charge is -2.19. The number of aromatic nitrogens is 4. The van der Waals surface area contributed by atoms with Crippen LogP contribution in [0.15, 0.2) is 29.6 Å². The quantitative estimate of drug-likeness (QED) is 0.0383. The van der Waals surface area contributed by atoms with E-state index in [4.69, 9.17) is 19.9 Å². The number of thiophene rings is 2. The summed E-state index contributed by atoms with van der Waals surface area (Å²) in [7, 11) is 0. The fourth-order valence-electron chi connectivity index (χ4n) is 7.05. The van der Waals surface area contributed by atoms with Crippen molar-refractivity contribution in [3.8, 4) is 20.9 Å². The van der Waals surface area contributed by atoms with Gasteiger partial charge in [0.05, 0.1) is 27.7 Å². The normalized spacial score (nSPS) is 11.7. The molecular weight excluding hydrogens is 653 g/mol. The molecule has 7 heteroatoms. The molecule has 0 aliphatic rings. The molecule has 0 amide bonds. The van der Waals surface area contributed by atoms with E-state index in [1.165, 1.54) is 88.4 Å². The highest BCUT2D eigenvalue weighted by Crippen LogP contribution is 2.44. The second-order valence-corrected chi connectivity index (χ2v) is 16.0. The number of aldehydes is 1. The van der Waals surface area contributed by atoms with E-state index in [0.29, 0.717) is 4.88 Å². The molecule has 0 radical (unpaired) electrons. The highest BCUT2D eigenvalue weighted by molar-refractivity contribution is 7.17. The van der Waals surface area contributed by atoms with Gasteiger partial charge < -0.3 is 0 Å². The Kier molecular flexibility index (Phi) is 15.4. The number of carbonyl (C=O) groups is 1. The number of benzene rings is 1. The van der Waals surface area contributed by atoms with E-state index in [0.717, 1.165) is 123 Å². The first kappa shape index (κ1) is 38.2. The first-order chi connectivity index (χ1) is 24.6. The number of aryl methyl sites for hydroxylation is 4. The molecule has 4 aromatic heterocycles. The van der Waals surface area contributed by atoms with Crippen LogP contribution in [0.3, 0.4) is 0 Å². The lowest BCUT2D eigenvalue weighted by atomic mass is 9.98. The van der Waals surface area contributed by atoms with Crippen molar-refractivity contribution < 1.29 is 4.79 Å². The van der Waals surface area contributed by atoms with Gasteiger partial charge in [0.2, 0.25) is 0 Å². The van der Waals surface area contributed by atoms with Crippen LogP contribution >= 0.6 is 22.7 Å². The number of nitrogens with zero attached hydrogens (tertiary/aromatic N) is 4. The Labute approximate surface area is 308 Å². The van der Waals surface area contributed by atoms with Gasteiger partial charge >= 0.3 is 0 Å². The third-order valence-corrected chi connectivity index (χ3v) is 11.8. The number of carbonyl (C=O) groups excluding carboxylic acids is 1. The summed E-state index contributed by atoms with van der Waals surface area (Å²) in [6.07, 6.45) is 23.9. The van der Waals surface area contributed by atoms with Crippen LogP contribution in [0.4, 0.5) is 0 Å². The van der Waals surface area contributed by atoms with Gasteiger partial charge in [-0.25, -0.2) is 19.9 Å². The average Bonchev–Trinajstić information content (AvgIpc) is 3.84. The van der Waals surface area contributed by atoms with Crippen molar-refractivity contribution in [3.63, 3.8) is 0 Å². The van der Waals surface area contributed by atoms with E-state index < -0.39 is 0 Å². The predicted octanol–water partition coefficient (Wildman–Crippen LogP) is 13.3. The standard InChI is InChI=1S/C43H58N4OS2/c1-5-9-13-17-22-32-34(24-19-15-11-7-3)46-42-39(37-28-27-31(30-48)50-37)43-41(38(40(42)44-32)36-26-21-29-49-36)45-33(23-18-14-10-6-2)35(47-43)25-20-16-12-8-4/h21,26-30H,5-20,22-25H2,1-4H3. The molecule has 0 aliphatic carbocycles. The molecule has 0 atom stereocenters. The third kappa shape index (κ3) is 9.64. The molecule has 0 aliphatic heterocycles. The minimum Gasteiger partial charge on any atom is -0.297 e. The van der Waals surface area contributed by atoms with Crippen LogP contribution in [0.5, 0.6) is 0 Å². The summed E-state index contributed by atoms with van der Waals surface area (Å²) in [5.41, 5.74) is 10.3. The fourth-order valence-corrected chi connectivity index (χ4v) is 8.69. The van der Waals surface area contributed by atoms with E-state index in [1.807, 2.05) is 6.07 Å². The van der Waals surface area contributed by atoms with Crippen LogP contribution in [0, 0.1) is 0 Å². The Hall–Kier alpha value is -3.03. The summed E-state index contributed by atoms with van der Waals surface area (Å²) in [6, 6.07) is 8.34. The van der Waals surface area contributed by atoms with Gasteiger partial charge in [-0.3, -0.25) is 4.79 Å². The van der Waals surface area contributed by atoms with E-state index in [-0.39, 0.29) is 0 Å². The zero-order valence-corrected chi connectivity index (χ0v) is 32.8. The van der Waals surface area contributed by atoms with Gasteiger partial charge in [0.1, 0.15) is 22.1 Å². The molecule has 0 saturated heterocycles. The van der Waals surface area contributed by atoms with Crippen LogP contribution in [-0.4, -0.2) is 26.2 Å². The number of hydrogen-bond acceptors (Lipinski definition) is 7. The molecule has 0 spiro atoms. The van der Waals surface area contributed by atoms with Gasteiger partial charge in [-0.1, -0.05) is 111 Å². The summed E-state index contributed by atoms with van der Waals surface area (Å²) in [5, 5.41) is 2.15. The van der Waals surface area contributed by atoms with Crippen LogP contribution in [-0.2, 0) is 25.7 Å². The molecule has 50 heavy (non-hydrogen) atoms. The number of hydrogen-bond donors (Lipinski definition) is 0. The second kappa shape index (κ2) is 20.1. The smallest absolute Gasteiger partial charge is 0.160 e. The van der Waals surface area contributed by atoms with Crippen LogP contribution < -0.4 is 0 Å². The first-order valence-electron chi connectivity index (χ1n) is 19.8. The Morgan fingerprint density at radius 3 is 1.22 bits per heavy atom. The van der Waals surface area contributed by atoms with Gasteiger partial charge in [0.15, 0.2) is 6.29 Å². The Bertz CT molecular complexity index is 1700. The molecule has 5 rings (SSSR count). The second-order valence-electron chi connectivity index (χ2n) is 13.9. The van der Waals surface area contributed by atoms with Gasteiger partial charge in [-0.15, -0.1) is 22.7 Å². The molecule has 1 aromatic carbocycles. The number of fused-ring (bicyclic) bond motifs is 2. The average molecular weight is 711 g/mol. The monoisotopic (exact) mass is 710 g/mol. The largest absolute Gasteiger partial charge is 0.297 e. The molecule has 268 valence electrons. The minimum atomic E-state index is 0.712. The molecule has 4 heterocycles. The SMILES string of the molecule is CCCCCCc1nc2c(-c3cccs3)c3nc(CCCCCC)c(CCCCCC)nc3c(-c3ccc(C=O)s3)c2nc1CCCCCC. The Balaban J connectivity index is 1.81. The van der Waals surface area contributed by atoms with Crippen molar-refractivity contribution in [1.82, 2.24) is 19.9 Å². The van der Waals surface area contributed by atoms with Gasteiger partial charge in [-0.05, 0) is 74.9 Å². The molecule has 0 saturated carbocycles. The highest BCUT2D eigenvalue weighted by atomic mass is 32.1. The van der Waals surface area contributed by atoms with Crippen molar-refractivity contribution in [2.45, 2.75) is 156 Å². The topological polar surface area (TPSA) is 68.6 Å². The van der Waals surface area contributed by atoms with Crippen molar-refractivity contribution in [2.75, 3.05) is 0 Å². The minimum absolute atomic E-state index is 0.712. The number of unbranched alkanes of at least 4 members (excludes halogenated alkanes) is 12. The molecule has 0 fully saturated rings. The zero-order chi connectivity index (χ0) is 35.1. The van der Waals surface area contributed by atoms with E-state index in [2.05, 4.69) is 51.3 Å². The van der Waals surface area contributed by atoms with Crippen molar-refractivity contribution >= 4 is 51.0 Å². The summed E-state index contributed by atoms with van der Waals surface area (Å²) in [5.74, 6) is 0. The maximum absolute atomic E-state index is 12.0. The van der Waals surface area contributed by atoms with E-state index in [1.54, 1.807) is 11.3 Å². The molecule has 0 unspecified atom stereocenters. The Morgan fingerprint density at radius 1 is 0.500 bits per heavy atom. The van der Waals surface area contributed by atoms with Gasteiger partial charge in [0, 0.05) is 20.9 Å². The third-order valence-electron chi connectivity index (χ3n) is 9.87. The van der Waals surface area contributed by atoms with Crippen molar-refractivity contribution in [2.24, 2.45) is 0 Å². The van der Waals surface area contributed by atoms with Gasteiger partial charge in [-0.2, -0.15) is 0 Å². The highest BCUT2D eigenvalue weighted by Gasteiger charge is 2.26. The van der Waals surface area contributed by atoms with Crippen LogP contribution in [0.25, 0.3) is 42.9 Å². The molecular formula is C43H58N4OS2. The van der Waals surface area contributed by atoms with Gasteiger partial charge in [0.25, 0.3) is 0 Å². The maximum atomic E-state index is 12.0. The summed E-state index contributed by atoms with van der Waals surface area (Å²) in [6.45, 7) is 9.07. The fraction of sp³-hybridized carbons (Fsp3) is 0.558. The molecule has 5 aromatic rings. The molecule has 0 N–H and O–H groups in total. The maximum Gasteiger partial charge on any atom is 0.160 e. The van der Waals surface area contributed by atoms with E-state index in [9.17, 15) is 4.79 Å². The summed E-state index contributed by atoms with van der Waals surface area (Å²) >= 11 is 3.27. The lowest BCUT2D eigenvalue weighted by molar-refractivity contribution is 0.112. The number of rotatable bonds is 23. The van der Waals surface area contributed by atoms with Crippen molar-refractivity contribution in [1.29, 1.82) is 0 Å². The van der Waals surface area contributed by atoms with E-state index >= 15 is 0 Å². The van der Waals surface area contributed by atoms with Crippen LogP contribution in [0.1, 0.15) is 163 Å². The zero-order valence-electron chi connectivity index (χ0n) is 31.1. The van der Waals surface area contributed by atoms with Crippen LogP contribution in [0.2, 0.25) is 0 Å². The summed E-state index contributed by atoms with van der Waals surface area (Å²) in [4.78, 5) is 37.3. The first-order valence-corrected chi connectivity index (χ1v) is 21.5. The summed E-state index contributed by atoms with van der Waals surface area (Å²) < 4.78 is 0. The Morgan fingerprint density at radius 2 is 0.900 bits per heavy atom.